The van der Waals surface area contributed by atoms with Gasteiger partial charge in [-0.15, -0.1) is 0 Å². The minimum absolute atomic E-state index is 0.0951. The molecule has 46 heavy (non-hydrogen) atoms. The third-order valence-corrected chi connectivity index (χ3v) is 9.39. The minimum Gasteiger partial charge on any atom is -0.513 e. The first-order valence-electron chi connectivity index (χ1n) is 16.1. The van der Waals surface area contributed by atoms with Crippen molar-refractivity contribution in [1.29, 1.82) is 0 Å². The Balaban J connectivity index is 1.47. The van der Waals surface area contributed by atoms with Gasteiger partial charge in [0.1, 0.15) is 17.1 Å². The summed E-state index contributed by atoms with van der Waals surface area (Å²) in [6.07, 6.45) is 5.56. The number of aromatic hydroxyl groups is 1. The van der Waals surface area contributed by atoms with Gasteiger partial charge >= 0.3 is 0 Å². The quantitative estimate of drug-likeness (QED) is 0.160. The molecule has 232 valence electrons. The van der Waals surface area contributed by atoms with Crippen LogP contribution in [0, 0.1) is 6.33 Å². The average molecular weight is 607 g/mol. The van der Waals surface area contributed by atoms with E-state index in [2.05, 4.69) is 156 Å². The molecule has 1 N–H and O–H groups in total. The van der Waals surface area contributed by atoms with E-state index in [1.54, 1.807) is 0 Å². The highest BCUT2D eigenvalue weighted by atomic mass is 16.3. The van der Waals surface area contributed by atoms with Crippen molar-refractivity contribution in [1.82, 2.24) is 14.1 Å². The molecule has 0 saturated heterocycles. The van der Waals surface area contributed by atoms with E-state index in [0.29, 0.717) is 5.75 Å². The smallest absolute Gasteiger partial charge is 0.245 e. The molecule has 7 rings (SSSR count). The lowest BCUT2D eigenvalue weighted by atomic mass is 9.79. The molecular formula is C41H42N4O. The molecule has 0 aliphatic carbocycles. The van der Waals surface area contributed by atoms with Crippen LogP contribution in [0.25, 0.3) is 44.3 Å². The van der Waals surface area contributed by atoms with Crippen molar-refractivity contribution in [2.75, 3.05) is 0 Å². The molecule has 5 heteroatoms. The SMILES string of the molecule is CC(C)(C)c1cc(-n2[c-][n+](C(C)(C)c3ccc4c5ccccc5n(-c5ccccn5)c4c3)c3ccccc32)c(O)c(C(C)(C)C)c1. The molecule has 0 radical (unpaired) electrons. The summed E-state index contributed by atoms with van der Waals surface area (Å²) in [7, 11) is 0. The van der Waals surface area contributed by atoms with Gasteiger partial charge < -0.3 is 14.2 Å². The maximum Gasteiger partial charge on any atom is 0.245 e. The fraction of sp³-hybridized carbons (Fsp3) is 0.268. The number of aromatic nitrogens is 4. The van der Waals surface area contributed by atoms with Crippen LogP contribution in [-0.4, -0.2) is 19.2 Å². The summed E-state index contributed by atoms with van der Waals surface area (Å²) in [5.41, 5.74) is 7.44. The summed E-state index contributed by atoms with van der Waals surface area (Å²) in [6.45, 7) is 17.6. The van der Waals surface area contributed by atoms with Gasteiger partial charge in [-0.3, -0.25) is 4.57 Å². The van der Waals surface area contributed by atoms with Gasteiger partial charge in [0, 0.05) is 17.0 Å². The normalized spacial score (nSPS) is 12.9. The zero-order valence-corrected chi connectivity index (χ0v) is 28.1. The molecule has 0 unspecified atom stereocenters. The molecule has 3 aromatic heterocycles. The van der Waals surface area contributed by atoms with Gasteiger partial charge in [0.25, 0.3) is 0 Å². The first-order valence-corrected chi connectivity index (χ1v) is 16.1. The summed E-state index contributed by atoms with van der Waals surface area (Å²) in [5.74, 6) is 1.19. The highest BCUT2D eigenvalue weighted by Crippen LogP contribution is 2.41. The van der Waals surface area contributed by atoms with Crippen molar-refractivity contribution in [3.8, 4) is 17.3 Å². The van der Waals surface area contributed by atoms with Crippen LogP contribution in [0.5, 0.6) is 5.75 Å². The number of phenols is 1. The fourth-order valence-electron chi connectivity index (χ4n) is 6.67. The Morgan fingerprint density at radius 3 is 2.02 bits per heavy atom. The second-order valence-corrected chi connectivity index (χ2v) is 15.0. The number of nitrogens with zero attached hydrogens (tertiary/aromatic N) is 4. The lowest BCUT2D eigenvalue weighted by Gasteiger charge is -2.28. The first-order chi connectivity index (χ1) is 21.8. The van der Waals surface area contributed by atoms with E-state index in [0.717, 1.165) is 44.7 Å². The van der Waals surface area contributed by atoms with Gasteiger partial charge in [-0.25, -0.2) is 4.98 Å². The summed E-state index contributed by atoms with van der Waals surface area (Å²) in [6, 6.07) is 34.0. The molecule has 0 saturated carbocycles. The van der Waals surface area contributed by atoms with Crippen molar-refractivity contribution in [2.24, 2.45) is 0 Å². The molecule has 7 aromatic rings. The highest BCUT2D eigenvalue weighted by Gasteiger charge is 2.31. The van der Waals surface area contributed by atoms with Crippen molar-refractivity contribution >= 4 is 32.8 Å². The lowest BCUT2D eigenvalue weighted by Crippen LogP contribution is -2.52. The Morgan fingerprint density at radius 1 is 0.652 bits per heavy atom. The van der Waals surface area contributed by atoms with Crippen LogP contribution in [0.3, 0.4) is 0 Å². The van der Waals surface area contributed by atoms with Gasteiger partial charge in [0.05, 0.1) is 27.8 Å². The van der Waals surface area contributed by atoms with E-state index >= 15 is 0 Å². The summed E-state index contributed by atoms with van der Waals surface area (Å²) in [4.78, 5) is 4.73. The van der Waals surface area contributed by atoms with Crippen LogP contribution in [-0.2, 0) is 16.4 Å². The predicted molar refractivity (Wildman–Crippen MR) is 188 cm³/mol. The average Bonchev–Trinajstić information content (AvgIpc) is 3.57. The van der Waals surface area contributed by atoms with Crippen LogP contribution in [0.15, 0.2) is 103 Å². The zero-order valence-electron chi connectivity index (χ0n) is 28.1. The number of phenolic OH excluding ortho intramolecular Hbond substituents is 1. The lowest BCUT2D eigenvalue weighted by molar-refractivity contribution is -0.727. The monoisotopic (exact) mass is 606 g/mol. The zero-order chi connectivity index (χ0) is 32.6. The Morgan fingerprint density at radius 2 is 1.33 bits per heavy atom. The van der Waals surface area contributed by atoms with E-state index in [9.17, 15) is 5.11 Å². The van der Waals surface area contributed by atoms with E-state index < -0.39 is 5.54 Å². The largest absolute Gasteiger partial charge is 0.513 e. The molecular weight excluding hydrogens is 564 g/mol. The second-order valence-electron chi connectivity index (χ2n) is 15.0. The number of benzene rings is 4. The second kappa shape index (κ2) is 10.3. The molecule has 0 fully saturated rings. The Bertz CT molecular complexity index is 2260. The molecule has 5 nitrogen and oxygen atoms in total. The molecule has 3 heterocycles. The van der Waals surface area contributed by atoms with Crippen molar-refractivity contribution in [2.45, 2.75) is 71.8 Å². The highest BCUT2D eigenvalue weighted by molar-refractivity contribution is 6.09. The number of para-hydroxylation sites is 3. The number of hydrogen-bond acceptors (Lipinski definition) is 2. The third-order valence-electron chi connectivity index (χ3n) is 9.39. The predicted octanol–water partition coefficient (Wildman–Crippen LogP) is 9.29. The maximum atomic E-state index is 11.8. The van der Waals surface area contributed by atoms with E-state index in [1.165, 1.54) is 16.3 Å². The summed E-state index contributed by atoms with van der Waals surface area (Å²) >= 11 is 0. The van der Waals surface area contributed by atoms with Crippen molar-refractivity contribution in [3.63, 3.8) is 0 Å². The maximum absolute atomic E-state index is 11.8. The van der Waals surface area contributed by atoms with Gasteiger partial charge in [-0.2, -0.15) is 0 Å². The Kier molecular flexibility index (Phi) is 6.68. The number of fused-ring (bicyclic) bond motifs is 4. The van der Waals surface area contributed by atoms with Crippen LogP contribution in [0.1, 0.15) is 72.1 Å². The number of hydrogen-bond donors (Lipinski definition) is 1. The van der Waals surface area contributed by atoms with E-state index in [-0.39, 0.29) is 10.8 Å². The molecule has 0 spiro atoms. The topological polar surface area (TPSA) is 46.9 Å². The van der Waals surface area contributed by atoms with Crippen LogP contribution in [0.2, 0.25) is 0 Å². The number of imidazole rings is 1. The van der Waals surface area contributed by atoms with Crippen molar-refractivity contribution < 1.29 is 9.67 Å². The van der Waals surface area contributed by atoms with Gasteiger partial charge in [0.15, 0.2) is 0 Å². The minimum atomic E-state index is -0.492. The van der Waals surface area contributed by atoms with Gasteiger partial charge in [-0.1, -0.05) is 114 Å². The number of rotatable bonds is 4. The standard InChI is InChI=1S/C41H42N4O/c1-39(2,3)28-23-31(40(4,5)6)38(46)36(25-28)43-26-44(34-18-12-11-17-33(34)43)41(7,8)27-20-21-30-29-15-9-10-16-32(29)45(35(30)24-27)37-19-13-14-22-42-37/h9-25,46H,1-8H3. The molecule has 0 bridgehead atoms. The van der Waals surface area contributed by atoms with E-state index in [4.69, 9.17) is 4.98 Å². The molecule has 0 aliphatic heterocycles. The number of pyridine rings is 1. The fourth-order valence-corrected chi connectivity index (χ4v) is 6.67. The Hall–Kier alpha value is -4.90. The summed E-state index contributed by atoms with van der Waals surface area (Å²) in [5, 5.41) is 14.2. The van der Waals surface area contributed by atoms with Crippen LogP contribution in [0.4, 0.5) is 0 Å². The van der Waals surface area contributed by atoms with Crippen LogP contribution < -0.4 is 4.57 Å². The summed E-state index contributed by atoms with van der Waals surface area (Å²) < 4.78 is 6.52. The van der Waals surface area contributed by atoms with Crippen molar-refractivity contribution in [3.05, 3.63) is 126 Å². The van der Waals surface area contributed by atoms with Crippen LogP contribution >= 0.6 is 0 Å². The molecule has 0 amide bonds. The Labute approximate surface area is 271 Å². The first kappa shape index (κ1) is 29.8. The van der Waals surface area contributed by atoms with E-state index in [1.807, 2.05) is 22.9 Å². The van der Waals surface area contributed by atoms with Gasteiger partial charge in [0.2, 0.25) is 6.33 Å². The third kappa shape index (κ3) is 4.68. The molecule has 0 aliphatic rings. The van der Waals surface area contributed by atoms with Gasteiger partial charge in [-0.05, 0) is 65.6 Å². The molecule has 0 atom stereocenters. The molecule has 4 aromatic carbocycles.